The maximum absolute atomic E-state index is 2.48. The Kier molecular flexibility index (Phi) is 9.95. The lowest BCUT2D eigenvalue weighted by Crippen LogP contribution is -2.12. The van der Waals surface area contributed by atoms with Gasteiger partial charge in [-0.25, -0.2) is 0 Å². The molecule has 0 unspecified atom stereocenters. The highest BCUT2D eigenvalue weighted by Gasteiger charge is 2.26. The minimum Gasteiger partial charge on any atom is -0.310 e. The van der Waals surface area contributed by atoms with E-state index in [0.29, 0.717) is 0 Å². The zero-order chi connectivity index (χ0) is 45.7. The second kappa shape index (κ2) is 17.0. The monoisotopic (exact) mass is 878 g/mol. The molecule has 0 radical (unpaired) electrons. The van der Waals surface area contributed by atoms with Crippen LogP contribution >= 0.6 is 0 Å². The highest BCUT2D eigenvalue weighted by atomic mass is 15.2. The number of hydrogen-bond acceptors (Lipinski definition) is 2. The molecule has 0 atom stereocenters. The van der Waals surface area contributed by atoms with E-state index in [4.69, 9.17) is 0 Å². The number of benzene rings is 12. The molecule has 0 heterocycles. The second-order valence-electron chi connectivity index (χ2n) is 18.0. The summed E-state index contributed by atoms with van der Waals surface area (Å²) in [6.45, 7) is 0. The average Bonchev–Trinajstić information content (AvgIpc) is 3.81. The van der Waals surface area contributed by atoms with Crippen molar-refractivity contribution in [2.45, 2.75) is 6.42 Å². The SMILES string of the molecule is c1ccc(-c2ccc(N(c3ccc(-c4c(-c5ccc(N(c6cccc7c6Cc6ccccc6-7)c6cccc7ccccc67)cc5)ccc5ccccc45)cc3)c3cccc4ccccc34)cc2)cc1. The highest BCUT2D eigenvalue weighted by Crippen LogP contribution is 2.48. The number of fused-ring (bicyclic) bond motifs is 6. The van der Waals surface area contributed by atoms with Gasteiger partial charge in [0, 0.05) is 34.3 Å². The molecular formula is C67H46N2. The first-order valence-electron chi connectivity index (χ1n) is 23.9. The van der Waals surface area contributed by atoms with Crippen LogP contribution in [0.4, 0.5) is 34.1 Å². The number of rotatable bonds is 9. The molecule has 0 N–H and O–H groups in total. The first-order chi connectivity index (χ1) is 34.2. The third-order valence-corrected chi connectivity index (χ3v) is 14.1. The zero-order valence-electron chi connectivity index (χ0n) is 38.0. The van der Waals surface area contributed by atoms with E-state index in [0.717, 1.165) is 29.2 Å². The summed E-state index contributed by atoms with van der Waals surface area (Å²) in [6, 6.07) is 97.7. The molecule has 2 heteroatoms. The molecule has 0 spiro atoms. The molecule has 0 saturated heterocycles. The van der Waals surface area contributed by atoms with Crippen molar-refractivity contribution in [1.82, 2.24) is 0 Å². The van der Waals surface area contributed by atoms with Gasteiger partial charge < -0.3 is 9.80 Å². The van der Waals surface area contributed by atoms with Gasteiger partial charge in [0.2, 0.25) is 0 Å². The van der Waals surface area contributed by atoms with Gasteiger partial charge in [0.1, 0.15) is 0 Å². The van der Waals surface area contributed by atoms with Gasteiger partial charge in [-0.05, 0) is 132 Å². The molecular weight excluding hydrogens is 833 g/mol. The summed E-state index contributed by atoms with van der Waals surface area (Å²) in [5.74, 6) is 0. The third-order valence-electron chi connectivity index (χ3n) is 14.1. The van der Waals surface area contributed by atoms with E-state index < -0.39 is 0 Å². The smallest absolute Gasteiger partial charge is 0.0540 e. The Morgan fingerprint density at radius 1 is 0.246 bits per heavy atom. The molecule has 2 nitrogen and oxygen atoms in total. The van der Waals surface area contributed by atoms with Crippen molar-refractivity contribution in [3.05, 3.63) is 278 Å². The van der Waals surface area contributed by atoms with Crippen LogP contribution in [0.15, 0.2) is 267 Å². The molecule has 0 aromatic heterocycles. The molecule has 0 aliphatic heterocycles. The predicted octanol–water partition coefficient (Wildman–Crippen LogP) is 18.7. The topological polar surface area (TPSA) is 6.48 Å². The van der Waals surface area contributed by atoms with Crippen LogP contribution in [0.1, 0.15) is 11.1 Å². The van der Waals surface area contributed by atoms with Crippen molar-refractivity contribution < 1.29 is 0 Å². The van der Waals surface area contributed by atoms with Crippen molar-refractivity contribution in [2.24, 2.45) is 0 Å². The van der Waals surface area contributed by atoms with Gasteiger partial charge in [-0.2, -0.15) is 0 Å². The van der Waals surface area contributed by atoms with E-state index in [9.17, 15) is 0 Å². The number of hydrogen-bond donors (Lipinski definition) is 0. The summed E-state index contributed by atoms with van der Waals surface area (Å²) in [7, 11) is 0. The molecule has 12 aromatic carbocycles. The Labute approximate surface area is 403 Å². The Morgan fingerprint density at radius 3 is 1.36 bits per heavy atom. The minimum atomic E-state index is 0.903. The normalized spacial score (nSPS) is 11.7. The fourth-order valence-electron chi connectivity index (χ4n) is 10.8. The molecule has 324 valence electrons. The highest BCUT2D eigenvalue weighted by molar-refractivity contribution is 6.06. The van der Waals surface area contributed by atoms with Crippen LogP contribution in [-0.2, 0) is 6.42 Å². The summed E-state index contributed by atoms with van der Waals surface area (Å²) in [6.07, 6.45) is 0.903. The Bertz CT molecular complexity index is 3840. The van der Waals surface area contributed by atoms with Crippen LogP contribution in [0.5, 0.6) is 0 Å². The standard InChI is InChI=1S/C67H46N2/c1-2-15-46(16-3-1)47-31-38-54(39-32-47)68(64-28-12-21-48-17-4-9-24-58(48)64)55-42-35-52(36-43-55)67-60-26-11-6-19-50(60)37-44-61(67)51-33-40-56(41-34-51)69(65-29-13-22-49-18-5-10-25-59(49)65)66-30-14-27-62-57-23-8-7-20-53(57)45-63(62)66/h1-44H,45H2. The van der Waals surface area contributed by atoms with E-state index in [1.54, 1.807) is 0 Å². The maximum atomic E-state index is 2.48. The average molecular weight is 879 g/mol. The maximum Gasteiger partial charge on any atom is 0.0540 e. The molecule has 0 amide bonds. The quantitative estimate of drug-likeness (QED) is 0.143. The fraction of sp³-hybridized carbons (Fsp3) is 0.0149. The van der Waals surface area contributed by atoms with Crippen LogP contribution in [0, 0.1) is 0 Å². The molecule has 0 fully saturated rings. The molecule has 0 bridgehead atoms. The lowest BCUT2D eigenvalue weighted by molar-refractivity contribution is 1.20. The summed E-state index contributed by atoms with van der Waals surface area (Å²) in [5.41, 5.74) is 19.4. The van der Waals surface area contributed by atoms with E-state index in [-0.39, 0.29) is 0 Å². The van der Waals surface area contributed by atoms with Crippen LogP contribution in [-0.4, -0.2) is 0 Å². The number of nitrogens with zero attached hydrogens (tertiary/aromatic N) is 2. The van der Waals surface area contributed by atoms with Gasteiger partial charge in [-0.15, -0.1) is 0 Å². The van der Waals surface area contributed by atoms with Crippen LogP contribution in [0.25, 0.3) is 76.8 Å². The largest absolute Gasteiger partial charge is 0.310 e. The third kappa shape index (κ3) is 7.13. The Balaban J connectivity index is 0.920. The fourth-order valence-corrected chi connectivity index (χ4v) is 10.8. The molecule has 0 saturated carbocycles. The lowest BCUT2D eigenvalue weighted by Gasteiger charge is -2.29. The van der Waals surface area contributed by atoms with Gasteiger partial charge in [-0.1, -0.05) is 212 Å². The van der Waals surface area contributed by atoms with Crippen molar-refractivity contribution in [2.75, 3.05) is 9.80 Å². The van der Waals surface area contributed by atoms with Crippen molar-refractivity contribution in [1.29, 1.82) is 0 Å². The van der Waals surface area contributed by atoms with E-state index in [1.165, 1.54) is 99.3 Å². The molecule has 69 heavy (non-hydrogen) atoms. The van der Waals surface area contributed by atoms with Gasteiger partial charge >= 0.3 is 0 Å². The predicted molar refractivity (Wildman–Crippen MR) is 293 cm³/mol. The van der Waals surface area contributed by atoms with Gasteiger partial charge in [0.25, 0.3) is 0 Å². The first kappa shape index (κ1) is 40.3. The van der Waals surface area contributed by atoms with Crippen LogP contribution in [0.2, 0.25) is 0 Å². The zero-order valence-corrected chi connectivity index (χ0v) is 38.0. The van der Waals surface area contributed by atoms with Gasteiger partial charge in [-0.3, -0.25) is 0 Å². The molecule has 12 aromatic rings. The number of anilines is 6. The molecule has 1 aliphatic carbocycles. The van der Waals surface area contributed by atoms with Crippen LogP contribution < -0.4 is 9.80 Å². The molecule has 1 aliphatic rings. The van der Waals surface area contributed by atoms with E-state index >= 15 is 0 Å². The molecule has 13 rings (SSSR count). The Hall–Kier alpha value is -8.98. The van der Waals surface area contributed by atoms with E-state index in [1.807, 2.05) is 0 Å². The van der Waals surface area contributed by atoms with Crippen LogP contribution in [0.3, 0.4) is 0 Å². The lowest BCUT2D eigenvalue weighted by atomic mass is 9.89. The summed E-state index contributed by atoms with van der Waals surface area (Å²) in [5, 5.41) is 7.31. The summed E-state index contributed by atoms with van der Waals surface area (Å²) < 4.78 is 0. The van der Waals surface area contributed by atoms with Crippen molar-refractivity contribution in [3.63, 3.8) is 0 Å². The van der Waals surface area contributed by atoms with Crippen molar-refractivity contribution >= 4 is 66.4 Å². The summed E-state index contributed by atoms with van der Waals surface area (Å²) in [4.78, 5) is 4.87. The van der Waals surface area contributed by atoms with E-state index in [2.05, 4.69) is 277 Å². The van der Waals surface area contributed by atoms with Crippen molar-refractivity contribution in [3.8, 4) is 44.5 Å². The Morgan fingerprint density at radius 2 is 0.696 bits per heavy atom. The van der Waals surface area contributed by atoms with Gasteiger partial charge in [0.15, 0.2) is 0 Å². The second-order valence-corrected chi connectivity index (χ2v) is 18.0. The summed E-state index contributed by atoms with van der Waals surface area (Å²) >= 11 is 0. The minimum absolute atomic E-state index is 0.903. The first-order valence-corrected chi connectivity index (χ1v) is 23.9. The van der Waals surface area contributed by atoms with Gasteiger partial charge in [0.05, 0.1) is 17.1 Å².